The third kappa shape index (κ3) is 5.26. The lowest BCUT2D eigenvalue weighted by atomic mass is 9.92. The summed E-state index contributed by atoms with van der Waals surface area (Å²) in [6, 6.07) is 3.06. The Morgan fingerprint density at radius 2 is 1.80 bits per heavy atom. The molecule has 1 fully saturated rings. The van der Waals surface area contributed by atoms with Gasteiger partial charge in [-0.2, -0.15) is 0 Å². The van der Waals surface area contributed by atoms with Gasteiger partial charge in [-0.25, -0.2) is 13.6 Å². The molecule has 140 valence electrons. The average molecular weight is 368 g/mol. The van der Waals surface area contributed by atoms with Crippen molar-refractivity contribution in [3.05, 3.63) is 28.8 Å². The number of sulfonamides is 1. The fraction of sp³-hybridized carbons (Fsp3) is 0.611. The van der Waals surface area contributed by atoms with E-state index in [9.17, 15) is 13.2 Å². The smallest absolute Gasteiger partial charge is 0.251 e. The van der Waals surface area contributed by atoms with E-state index in [0.29, 0.717) is 29.5 Å². The van der Waals surface area contributed by atoms with Gasteiger partial charge in [0.2, 0.25) is 10.0 Å². The van der Waals surface area contributed by atoms with E-state index in [1.165, 1.54) is 12.5 Å². The van der Waals surface area contributed by atoms with E-state index in [1.54, 1.807) is 19.9 Å². The summed E-state index contributed by atoms with van der Waals surface area (Å²) in [5.74, 6) is 1.09. The van der Waals surface area contributed by atoms with Crippen molar-refractivity contribution in [3.63, 3.8) is 0 Å². The predicted molar refractivity (Wildman–Crippen MR) is 99.0 cm³/mol. The van der Waals surface area contributed by atoms with Gasteiger partial charge in [-0.3, -0.25) is 4.79 Å². The van der Waals surface area contributed by atoms with Crippen LogP contribution in [0.25, 0.3) is 0 Å². The first-order valence-electron chi connectivity index (χ1n) is 8.72. The number of benzene rings is 1. The van der Waals surface area contributed by atoms with E-state index in [1.807, 2.05) is 0 Å². The molecule has 1 aliphatic rings. The first-order valence-corrected chi connectivity index (χ1v) is 10.3. The summed E-state index contributed by atoms with van der Waals surface area (Å²) in [6.07, 6.45) is 1.25. The van der Waals surface area contributed by atoms with Gasteiger partial charge in [-0.05, 0) is 49.3 Å². The minimum absolute atomic E-state index is 0.00179. The largest absolute Gasteiger partial charge is 0.351 e. The first kappa shape index (κ1) is 19.9. The van der Waals surface area contributed by atoms with E-state index >= 15 is 0 Å². The molecule has 0 unspecified atom stereocenters. The summed E-state index contributed by atoms with van der Waals surface area (Å²) < 4.78 is 23.3. The molecule has 1 aromatic rings. The Bertz CT molecular complexity index is 736. The van der Waals surface area contributed by atoms with Gasteiger partial charge < -0.3 is 10.2 Å². The Hall–Kier alpha value is -1.44. The lowest BCUT2D eigenvalue weighted by Gasteiger charge is -2.34. The number of likely N-dealkylation sites (tertiary alicyclic amines) is 1. The molecule has 6 nitrogen and oxygen atoms in total. The predicted octanol–water partition coefficient (Wildman–Crippen LogP) is 1.66. The lowest BCUT2D eigenvalue weighted by molar-refractivity contribution is 0.0936. The lowest BCUT2D eigenvalue weighted by Crippen LogP contribution is -2.43. The minimum atomic E-state index is -3.84. The molecule has 2 rings (SSSR count). The zero-order valence-corrected chi connectivity index (χ0v) is 16.3. The highest BCUT2D eigenvalue weighted by Crippen LogP contribution is 2.21. The Labute approximate surface area is 150 Å². The molecule has 1 heterocycles. The van der Waals surface area contributed by atoms with Crippen molar-refractivity contribution in [1.82, 2.24) is 10.2 Å². The number of nitrogens with one attached hydrogen (secondary N) is 1. The fourth-order valence-electron chi connectivity index (χ4n) is 3.78. The second-order valence-corrected chi connectivity index (χ2v) is 8.97. The van der Waals surface area contributed by atoms with Crippen LogP contribution < -0.4 is 10.5 Å². The van der Waals surface area contributed by atoms with Crippen LogP contribution in [0.3, 0.4) is 0 Å². The highest BCUT2D eigenvalue weighted by atomic mass is 32.2. The van der Waals surface area contributed by atoms with Gasteiger partial charge in [0.15, 0.2) is 0 Å². The zero-order chi connectivity index (χ0) is 18.8. The van der Waals surface area contributed by atoms with Crippen LogP contribution in [0.2, 0.25) is 0 Å². The fourth-order valence-corrected chi connectivity index (χ4v) is 4.57. The van der Waals surface area contributed by atoms with Crippen LogP contribution in [0.5, 0.6) is 0 Å². The number of hydrogen-bond donors (Lipinski definition) is 2. The number of nitrogens with zero attached hydrogens (tertiary/aromatic N) is 1. The SMILES string of the molecule is Cc1cc(C)c(S(N)(=O)=O)cc1C(=O)NCCN1C[C@H](C)C[C@@H](C)C1. The van der Waals surface area contributed by atoms with Gasteiger partial charge >= 0.3 is 0 Å². The minimum Gasteiger partial charge on any atom is -0.351 e. The van der Waals surface area contributed by atoms with Crippen molar-refractivity contribution in [1.29, 1.82) is 0 Å². The number of amides is 1. The second-order valence-electron chi connectivity index (χ2n) is 7.44. The van der Waals surface area contributed by atoms with E-state index < -0.39 is 10.0 Å². The van der Waals surface area contributed by atoms with E-state index in [-0.39, 0.29) is 10.8 Å². The summed E-state index contributed by atoms with van der Waals surface area (Å²) in [5.41, 5.74) is 1.64. The Kier molecular flexibility index (Phi) is 6.24. The molecule has 7 heteroatoms. The van der Waals surface area contributed by atoms with Crippen molar-refractivity contribution in [3.8, 4) is 0 Å². The molecule has 0 spiro atoms. The van der Waals surface area contributed by atoms with Gasteiger partial charge in [0.1, 0.15) is 0 Å². The van der Waals surface area contributed by atoms with Crippen LogP contribution in [0.4, 0.5) is 0 Å². The molecule has 1 amide bonds. The van der Waals surface area contributed by atoms with Crippen molar-refractivity contribution in [2.45, 2.75) is 39.0 Å². The van der Waals surface area contributed by atoms with Gasteiger partial charge in [0.05, 0.1) is 4.90 Å². The summed E-state index contributed by atoms with van der Waals surface area (Å²) in [4.78, 5) is 14.8. The number of nitrogens with two attached hydrogens (primary N) is 1. The third-order valence-corrected chi connectivity index (χ3v) is 5.78. The number of aryl methyl sites for hydroxylation is 2. The molecular weight excluding hydrogens is 338 g/mol. The molecular formula is C18H29N3O3S. The Morgan fingerprint density at radius 1 is 1.20 bits per heavy atom. The Morgan fingerprint density at radius 3 is 2.36 bits per heavy atom. The summed E-state index contributed by atoms with van der Waals surface area (Å²) >= 11 is 0. The molecule has 0 aliphatic carbocycles. The normalized spacial score (nSPS) is 22.0. The van der Waals surface area contributed by atoms with Crippen molar-refractivity contribution in [2.24, 2.45) is 17.0 Å². The van der Waals surface area contributed by atoms with E-state index in [0.717, 1.165) is 25.2 Å². The maximum absolute atomic E-state index is 12.5. The topological polar surface area (TPSA) is 92.5 Å². The molecule has 3 N–H and O–H groups in total. The molecule has 0 bridgehead atoms. The summed E-state index contributed by atoms with van der Waals surface area (Å²) in [7, 11) is -3.84. The Balaban J connectivity index is 2.01. The molecule has 25 heavy (non-hydrogen) atoms. The number of carbonyl (C=O) groups excluding carboxylic acids is 1. The standard InChI is InChI=1S/C18H29N3O3S/c1-12-7-13(2)11-21(10-12)6-5-20-18(22)16-9-17(25(19,23)24)15(4)8-14(16)3/h8-9,12-13H,5-7,10-11H2,1-4H3,(H,20,22)(H2,19,23,24)/t12-,13-/m1/s1. The zero-order valence-electron chi connectivity index (χ0n) is 15.5. The van der Waals surface area contributed by atoms with Crippen molar-refractivity contribution >= 4 is 15.9 Å². The number of primary sulfonamides is 1. The quantitative estimate of drug-likeness (QED) is 0.828. The molecule has 1 aliphatic heterocycles. The average Bonchev–Trinajstić information content (AvgIpc) is 2.44. The highest BCUT2D eigenvalue weighted by molar-refractivity contribution is 7.89. The van der Waals surface area contributed by atoms with E-state index in [2.05, 4.69) is 24.1 Å². The van der Waals surface area contributed by atoms with Crippen LogP contribution in [0, 0.1) is 25.7 Å². The molecule has 1 aromatic carbocycles. The van der Waals surface area contributed by atoms with Crippen molar-refractivity contribution in [2.75, 3.05) is 26.2 Å². The van der Waals surface area contributed by atoms with Crippen LogP contribution in [-0.4, -0.2) is 45.4 Å². The number of piperidine rings is 1. The third-order valence-electron chi connectivity index (χ3n) is 4.73. The molecule has 0 saturated carbocycles. The van der Waals surface area contributed by atoms with Gasteiger partial charge in [-0.1, -0.05) is 19.9 Å². The molecule has 0 radical (unpaired) electrons. The van der Waals surface area contributed by atoms with Crippen LogP contribution in [0.1, 0.15) is 41.8 Å². The monoisotopic (exact) mass is 367 g/mol. The van der Waals surface area contributed by atoms with E-state index in [4.69, 9.17) is 5.14 Å². The summed E-state index contributed by atoms with van der Waals surface area (Å²) in [5, 5.41) is 8.13. The number of hydrogen-bond acceptors (Lipinski definition) is 4. The molecule has 2 atom stereocenters. The van der Waals surface area contributed by atoms with Gasteiger partial charge in [0.25, 0.3) is 5.91 Å². The number of carbonyl (C=O) groups is 1. The van der Waals surface area contributed by atoms with Crippen LogP contribution >= 0.6 is 0 Å². The number of rotatable bonds is 5. The van der Waals surface area contributed by atoms with Crippen LogP contribution in [0.15, 0.2) is 17.0 Å². The van der Waals surface area contributed by atoms with Crippen LogP contribution in [-0.2, 0) is 10.0 Å². The van der Waals surface area contributed by atoms with Crippen molar-refractivity contribution < 1.29 is 13.2 Å². The summed E-state index contributed by atoms with van der Waals surface area (Å²) in [6.45, 7) is 11.4. The highest BCUT2D eigenvalue weighted by Gasteiger charge is 2.22. The molecule has 0 aromatic heterocycles. The van der Waals surface area contributed by atoms with Gasteiger partial charge in [-0.15, -0.1) is 0 Å². The van der Waals surface area contributed by atoms with Gasteiger partial charge in [0, 0.05) is 31.7 Å². The maximum Gasteiger partial charge on any atom is 0.251 e. The molecule has 1 saturated heterocycles. The maximum atomic E-state index is 12.5. The second kappa shape index (κ2) is 7.85. The first-order chi connectivity index (χ1) is 11.6.